The average molecular weight is 352 g/mol. The number of benzene rings is 1. The number of methoxy groups -OCH3 is 1. The number of carbonyl (C=O) groups excluding carboxylic acids is 2. The van der Waals surface area contributed by atoms with Crippen molar-refractivity contribution >= 4 is 12.1 Å². The van der Waals surface area contributed by atoms with Crippen molar-refractivity contribution in [2.75, 3.05) is 33.3 Å². The highest BCUT2D eigenvalue weighted by Gasteiger charge is 2.33. The lowest BCUT2D eigenvalue weighted by molar-refractivity contribution is -0.148. The van der Waals surface area contributed by atoms with Crippen LogP contribution < -0.4 is 0 Å². The SMILES string of the molecule is COC(=O)C(c1cccc(F)c1)N1CCN(C(=O)OC(C)(C)C)CC1. The smallest absolute Gasteiger partial charge is 0.410 e. The van der Waals surface area contributed by atoms with Gasteiger partial charge in [0.05, 0.1) is 7.11 Å². The summed E-state index contributed by atoms with van der Waals surface area (Å²) in [5, 5.41) is 0. The highest BCUT2D eigenvalue weighted by atomic mass is 19.1. The fraction of sp³-hybridized carbons (Fsp3) is 0.556. The first-order valence-electron chi connectivity index (χ1n) is 8.26. The number of nitrogens with zero attached hydrogens (tertiary/aromatic N) is 2. The van der Waals surface area contributed by atoms with Gasteiger partial charge in [0.15, 0.2) is 0 Å². The molecule has 1 heterocycles. The highest BCUT2D eigenvalue weighted by Crippen LogP contribution is 2.25. The molecule has 1 unspecified atom stereocenters. The zero-order valence-electron chi connectivity index (χ0n) is 15.1. The van der Waals surface area contributed by atoms with Gasteiger partial charge in [-0.3, -0.25) is 4.90 Å². The fourth-order valence-corrected chi connectivity index (χ4v) is 2.77. The summed E-state index contributed by atoms with van der Waals surface area (Å²) in [5.74, 6) is -0.852. The van der Waals surface area contributed by atoms with Gasteiger partial charge in [-0.25, -0.2) is 14.0 Å². The molecule has 2 rings (SSSR count). The second-order valence-corrected chi connectivity index (χ2v) is 6.98. The van der Waals surface area contributed by atoms with Gasteiger partial charge in [0.2, 0.25) is 0 Å². The molecular weight excluding hydrogens is 327 g/mol. The van der Waals surface area contributed by atoms with E-state index in [1.807, 2.05) is 25.7 Å². The Labute approximate surface area is 147 Å². The van der Waals surface area contributed by atoms with E-state index in [1.165, 1.54) is 19.2 Å². The van der Waals surface area contributed by atoms with E-state index in [2.05, 4.69) is 0 Å². The van der Waals surface area contributed by atoms with Gasteiger partial charge in [-0.2, -0.15) is 0 Å². The molecule has 1 aromatic carbocycles. The second kappa shape index (κ2) is 7.82. The van der Waals surface area contributed by atoms with Crippen molar-refractivity contribution < 1.29 is 23.5 Å². The molecule has 25 heavy (non-hydrogen) atoms. The van der Waals surface area contributed by atoms with Crippen LogP contribution in [-0.2, 0) is 14.3 Å². The Kier molecular flexibility index (Phi) is 6.00. The average Bonchev–Trinajstić information content (AvgIpc) is 2.54. The summed E-state index contributed by atoms with van der Waals surface area (Å²) in [5.41, 5.74) is -0.0118. The van der Waals surface area contributed by atoms with Crippen molar-refractivity contribution in [3.63, 3.8) is 0 Å². The lowest BCUT2D eigenvalue weighted by Gasteiger charge is -2.38. The third-order valence-corrected chi connectivity index (χ3v) is 3.92. The molecule has 0 radical (unpaired) electrons. The molecule has 6 nitrogen and oxygen atoms in total. The van der Waals surface area contributed by atoms with E-state index in [4.69, 9.17) is 9.47 Å². The van der Waals surface area contributed by atoms with Gasteiger partial charge in [-0.1, -0.05) is 12.1 Å². The molecule has 138 valence electrons. The topological polar surface area (TPSA) is 59.1 Å². The second-order valence-electron chi connectivity index (χ2n) is 6.98. The zero-order chi connectivity index (χ0) is 18.6. The molecule has 7 heteroatoms. The van der Waals surface area contributed by atoms with Gasteiger partial charge in [-0.05, 0) is 38.5 Å². The van der Waals surface area contributed by atoms with Gasteiger partial charge in [-0.15, -0.1) is 0 Å². The molecule has 1 aliphatic rings. The van der Waals surface area contributed by atoms with Gasteiger partial charge in [0.25, 0.3) is 0 Å². The van der Waals surface area contributed by atoms with E-state index < -0.39 is 23.4 Å². The first-order chi connectivity index (χ1) is 11.7. The van der Waals surface area contributed by atoms with E-state index in [1.54, 1.807) is 17.0 Å². The van der Waals surface area contributed by atoms with E-state index in [-0.39, 0.29) is 6.09 Å². The summed E-state index contributed by atoms with van der Waals surface area (Å²) in [4.78, 5) is 27.9. The zero-order valence-corrected chi connectivity index (χ0v) is 15.1. The lowest BCUT2D eigenvalue weighted by atomic mass is 10.0. The van der Waals surface area contributed by atoms with E-state index >= 15 is 0 Å². The Balaban J connectivity index is 2.07. The number of hydrogen-bond acceptors (Lipinski definition) is 5. The molecule has 1 fully saturated rings. The number of halogens is 1. The monoisotopic (exact) mass is 352 g/mol. The Bertz CT molecular complexity index is 622. The predicted octanol–water partition coefficient (Wildman–Crippen LogP) is 2.59. The van der Waals surface area contributed by atoms with Crippen LogP contribution in [0.25, 0.3) is 0 Å². The third kappa shape index (κ3) is 5.16. The Morgan fingerprint density at radius 2 is 1.80 bits per heavy atom. The minimum Gasteiger partial charge on any atom is -0.468 e. The maximum absolute atomic E-state index is 13.5. The Morgan fingerprint density at radius 1 is 1.16 bits per heavy atom. The molecule has 1 aromatic rings. The Hall–Kier alpha value is -2.15. The molecule has 0 saturated carbocycles. The van der Waals surface area contributed by atoms with Crippen molar-refractivity contribution in [2.24, 2.45) is 0 Å². The van der Waals surface area contributed by atoms with Crippen molar-refractivity contribution in [3.05, 3.63) is 35.6 Å². The summed E-state index contributed by atoms with van der Waals surface area (Å²) in [6, 6.07) is 5.24. The van der Waals surface area contributed by atoms with Crippen molar-refractivity contribution in [1.29, 1.82) is 0 Å². The molecule has 1 atom stereocenters. The summed E-state index contributed by atoms with van der Waals surface area (Å²) in [6.45, 7) is 7.25. The van der Waals surface area contributed by atoms with Crippen LogP contribution in [0, 0.1) is 5.82 Å². The number of rotatable bonds is 3. The highest BCUT2D eigenvalue weighted by molar-refractivity contribution is 5.77. The van der Waals surface area contributed by atoms with E-state index in [0.717, 1.165) is 0 Å². The van der Waals surface area contributed by atoms with Crippen LogP contribution in [0.1, 0.15) is 32.4 Å². The number of hydrogen-bond donors (Lipinski definition) is 0. The third-order valence-electron chi connectivity index (χ3n) is 3.92. The number of ether oxygens (including phenoxy) is 2. The van der Waals surface area contributed by atoms with Crippen molar-refractivity contribution in [3.8, 4) is 0 Å². The molecule has 1 aliphatic heterocycles. The molecule has 1 saturated heterocycles. The number of amides is 1. The molecule has 0 aromatic heterocycles. The predicted molar refractivity (Wildman–Crippen MR) is 90.5 cm³/mol. The molecule has 0 aliphatic carbocycles. The fourth-order valence-electron chi connectivity index (χ4n) is 2.77. The minimum atomic E-state index is -0.693. The Morgan fingerprint density at radius 3 is 2.32 bits per heavy atom. The van der Waals surface area contributed by atoms with E-state index in [0.29, 0.717) is 31.7 Å². The van der Waals surface area contributed by atoms with Crippen LogP contribution in [0.2, 0.25) is 0 Å². The molecular formula is C18H25FN2O4. The van der Waals surface area contributed by atoms with Crippen LogP contribution in [-0.4, -0.2) is 60.8 Å². The standard InChI is InChI=1S/C18H25FN2O4/c1-18(2,3)25-17(23)21-10-8-20(9-11-21)15(16(22)24-4)13-6-5-7-14(19)12-13/h5-7,12,15H,8-11H2,1-4H3. The number of piperazine rings is 1. The van der Waals surface area contributed by atoms with Crippen molar-refractivity contribution in [1.82, 2.24) is 9.80 Å². The van der Waals surface area contributed by atoms with Gasteiger partial charge < -0.3 is 14.4 Å². The van der Waals surface area contributed by atoms with Crippen LogP contribution >= 0.6 is 0 Å². The summed E-state index contributed by atoms with van der Waals surface area (Å²) >= 11 is 0. The molecule has 1 amide bonds. The van der Waals surface area contributed by atoms with Gasteiger partial charge >= 0.3 is 12.1 Å². The quantitative estimate of drug-likeness (QED) is 0.783. The number of esters is 1. The maximum atomic E-state index is 13.5. The van der Waals surface area contributed by atoms with Crippen LogP contribution in [0.3, 0.4) is 0 Å². The van der Waals surface area contributed by atoms with Crippen molar-refractivity contribution in [2.45, 2.75) is 32.4 Å². The van der Waals surface area contributed by atoms with Gasteiger partial charge in [0.1, 0.15) is 17.5 Å². The lowest BCUT2D eigenvalue weighted by Crippen LogP contribution is -2.52. The normalized spacial score (nSPS) is 17.1. The van der Waals surface area contributed by atoms with Crippen LogP contribution in [0.5, 0.6) is 0 Å². The summed E-state index contributed by atoms with van der Waals surface area (Å²) in [7, 11) is 1.31. The largest absolute Gasteiger partial charge is 0.468 e. The molecule has 0 bridgehead atoms. The summed E-state index contributed by atoms with van der Waals surface area (Å²) in [6.07, 6.45) is -0.368. The molecule has 0 spiro atoms. The first kappa shape index (κ1) is 19.2. The van der Waals surface area contributed by atoms with Gasteiger partial charge in [0, 0.05) is 26.2 Å². The number of carbonyl (C=O) groups is 2. The maximum Gasteiger partial charge on any atom is 0.410 e. The first-order valence-corrected chi connectivity index (χ1v) is 8.26. The minimum absolute atomic E-state index is 0.368. The molecule has 0 N–H and O–H groups in total. The van der Waals surface area contributed by atoms with Crippen LogP contribution in [0.15, 0.2) is 24.3 Å². The summed E-state index contributed by atoms with van der Waals surface area (Å²) < 4.78 is 23.8. The van der Waals surface area contributed by atoms with E-state index in [9.17, 15) is 14.0 Å². The van der Waals surface area contributed by atoms with Crippen LogP contribution in [0.4, 0.5) is 9.18 Å².